The zero-order chi connectivity index (χ0) is 17.4. The summed E-state index contributed by atoms with van der Waals surface area (Å²) >= 11 is 3.47. The molecule has 0 aliphatic heterocycles. The van der Waals surface area contributed by atoms with Gasteiger partial charge in [0.2, 0.25) is 5.91 Å². The molecule has 1 saturated carbocycles. The normalized spacial score (nSPS) is 13.7. The van der Waals surface area contributed by atoms with E-state index in [2.05, 4.69) is 36.3 Å². The van der Waals surface area contributed by atoms with Gasteiger partial charge in [-0.25, -0.2) is 14.6 Å². The summed E-state index contributed by atoms with van der Waals surface area (Å²) in [5, 5.41) is 7.58. The van der Waals surface area contributed by atoms with Crippen molar-refractivity contribution in [2.75, 3.05) is 5.32 Å². The third-order valence-corrected chi connectivity index (χ3v) is 4.63. The Balaban J connectivity index is 1.67. The van der Waals surface area contributed by atoms with Gasteiger partial charge in [0.1, 0.15) is 5.82 Å². The van der Waals surface area contributed by atoms with Crippen molar-refractivity contribution in [1.29, 1.82) is 0 Å². The minimum absolute atomic E-state index is 0.0818. The summed E-state index contributed by atoms with van der Waals surface area (Å²) in [6.07, 6.45) is 3.92. The van der Waals surface area contributed by atoms with Crippen LogP contribution in [0.15, 0.2) is 47.1 Å². The topological polar surface area (TPSA) is 72.7 Å². The number of hydrogen-bond donors (Lipinski definition) is 1. The quantitative estimate of drug-likeness (QED) is 0.706. The van der Waals surface area contributed by atoms with Gasteiger partial charge in [-0.15, -0.1) is 5.10 Å². The number of nitrogens with zero attached hydrogens (tertiary/aromatic N) is 4. The van der Waals surface area contributed by atoms with Crippen LogP contribution in [-0.2, 0) is 0 Å². The molecule has 1 aliphatic rings. The molecule has 0 saturated heterocycles. The average Bonchev–Trinajstić information content (AvgIpc) is 3.38. The molecule has 7 heteroatoms. The lowest BCUT2D eigenvalue weighted by Crippen LogP contribution is -2.11. The van der Waals surface area contributed by atoms with Gasteiger partial charge < -0.3 is 5.32 Å². The van der Waals surface area contributed by atoms with Crippen LogP contribution in [-0.4, -0.2) is 25.7 Å². The Morgan fingerprint density at radius 2 is 2.04 bits per heavy atom. The number of benzene rings is 1. The van der Waals surface area contributed by atoms with E-state index in [-0.39, 0.29) is 5.91 Å². The van der Waals surface area contributed by atoms with E-state index in [9.17, 15) is 4.79 Å². The predicted molar refractivity (Wildman–Crippen MR) is 99.0 cm³/mol. The first kappa shape index (κ1) is 16.0. The van der Waals surface area contributed by atoms with Crippen molar-refractivity contribution in [3.05, 3.63) is 52.8 Å². The second kappa shape index (κ2) is 6.40. The molecule has 0 spiro atoms. The molecule has 6 nitrogen and oxygen atoms in total. The molecule has 0 unspecified atom stereocenters. The number of anilines is 2. The fourth-order valence-corrected chi connectivity index (χ4v) is 2.97. The Labute approximate surface area is 153 Å². The Morgan fingerprint density at radius 1 is 1.28 bits per heavy atom. The van der Waals surface area contributed by atoms with Crippen LogP contribution in [0, 0.1) is 0 Å². The highest BCUT2D eigenvalue weighted by Gasteiger charge is 2.29. The maximum Gasteiger partial charge on any atom is 0.244 e. The molecule has 0 atom stereocenters. The first-order valence-electron chi connectivity index (χ1n) is 8.07. The van der Waals surface area contributed by atoms with E-state index in [0.717, 1.165) is 28.6 Å². The van der Waals surface area contributed by atoms with Crippen LogP contribution in [0.1, 0.15) is 36.2 Å². The molecule has 25 heavy (non-hydrogen) atoms. The molecule has 1 N–H and O–H groups in total. The molecule has 3 aromatic rings. The number of nitrogens with one attached hydrogen (secondary N) is 1. The van der Waals surface area contributed by atoms with Gasteiger partial charge in [0.15, 0.2) is 11.6 Å². The molecule has 0 bridgehead atoms. The van der Waals surface area contributed by atoms with Gasteiger partial charge in [-0.3, -0.25) is 4.79 Å². The van der Waals surface area contributed by atoms with Crippen molar-refractivity contribution in [2.45, 2.75) is 25.7 Å². The first-order valence-corrected chi connectivity index (χ1v) is 8.87. The number of halogens is 1. The molecule has 1 aliphatic carbocycles. The minimum atomic E-state index is -0.0818. The number of carbonyl (C=O) groups is 1. The fraction of sp³-hybridized carbons (Fsp3) is 0.222. The van der Waals surface area contributed by atoms with Crippen LogP contribution in [0.5, 0.6) is 0 Å². The van der Waals surface area contributed by atoms with Crippen LogP contribution < -0.4 is 5.32 Å². The summed E-state index contributed by atoms with van der Waals surface area (Å²) in [4.78, 5) is 20.7. The van der Waals surface area contributed by atoms with Crippen LogP contribution >= 0.6 is 15.9 Å². The Bertz CT molecular complexity index is 934. The van der Waals surface area contributed by atoms with E-state index in [1.54, 1.807) is 6.20 Å². The van der Waals surface area contributed by atoms with Gasteiger partial charge in [-0.05, 0) is 28.8 Å². The summed E-state index contributed by atoms with van der Waals surface area (Å²) in [7, 11) is 0. The number of aromatic nitrogens is 4. The fourth-order valence-electron chi connectivity index (χ4n) is 2.68. The van der Waals surface area contributed by atoms with Crippen molar-refractivity contribution >= 4 is 33.5 Å². The summed E-state index contributed by atoms with van der Waals surface area (Å²) in [5.41, 5.74) is 1.90. The molecule has 2 aromatic heterocycles. The van der Waals surface area contributed by atoms with Crippen molar-refractivity contribution < 1.29 is 4.79 Å². The second-order valence-corrected chi connectivity index (χ2v) is 6.90. The van der Waals surface area contributed by atoms with Gasteiger partial charge >= 0.3 is 0 Å². The van der Waals surface area contributed by atoms with Crippen LogP contribution in [0.25, 0.3) is 11.4 Å². The largest absolute Gasteiger partial charge is 0.322 e. The Hall–Kier alpha value is -2.54. The molecule has 2 heterocycles. The van der Waals surface area contributed by atoms with Crippen LogP contribution in [0.4, 0.5) is 11.6 Å². The molecular formula is C18H16BrN5O. The zero-order valence-electron chi connectivity index (χ0n) is 13.6. The number of carbonyl (C=O) groups excluding carboxylic acids is 1. The van der Waals surface area contributed by atoms with E-state index in [4.69, 9.17) is 0 Å². The maximum atomic E-state index is 11.8. The number of hydrogen-bond acceptors (Lipinski definition) is 5. The highest BCUT2D eigenvalue weighted by atomic mass is 79.9. The molecule has 1 aromatic carbocycles. The standard InChI is InChI=1S/C18H16BrN5O/c1-11(25)24-15(12-7-8-12)9-16(23-24)21-18-14(19)10-20-17(22-18)13-5-3-2-4-6-13/h2-6,9-10,12H,7-8H2,1H3,(H,20,21,22,23). The van der Waals surface area contributed by atoms with E-state index in [1.165, 1.54) is 11.6 Å². The lowest BCUT2D eigenvalue weighted by Gasteiger charge is -2.07. The first-order chi connectivity index (χ1) is 12.1. The minimum Gasteiger partial charge on any atom is -0.322 e. The Kier molecular flexibility index (Phi) is 4.09. The summed E-state index contributed by atoms with van der Waals surface area (Å²) in [6.45, 7) is 1.52. The van der Waals surface area contributed by atoms with Crippen LogP contribution in [0.3, 0.4) is 0 Å². The monoisotopic (exact) mass is 397 g/mol. The highest BCUT2D eigenvalue weighted by Crippen LogP contribution is 2.41. The summed E-state index contributed by atoms with van der Waals surface area (Å²) < 4.78 is 2.21. The molecule has 4 rings (SSSR count). The lowest BCUT2D eigenvalue weighted by molar-refractivity contribution is 0.0918. The predicted octanol–water partition coefficient (Wildman–Crippen LogP) is 4.38. The van der Waals surface area contributed by atoms with Crippen molar-refractivity contribution in [2.24, 2.45) is 0 Å². The molecule has 1 fully saturated rings. The molecular weight excluding hydrogens is 382 g/mol. The molecule has 0 amide bonds. The van der Waals surface area contributed by atoms with Gasteiger partial charge in [0.25, 0.3) is 0 Å². The van der Waals surface area contributed by atoms with Gasteiger partial charge in [-0.1, -0.05) is 30.3 Å². The lowest BCUT2D eigenvalue weighted by atomic mass is 10.2. The van der Waals surface area contributed by atoms with E-state index in [0.29, 0.717) is 23.4 Å². The van der Waals surface area contributed by atoms with Crippen molar-refractivity contribution in [3.8, 4) is 11.4 Å². The van der Waals surface area contributed by atoms with E-state index < -0.39 is 0 Å². The average molecular weight is 398 g/mol. The molecule has 0 radical (unpaired) electrons. The Morgan fingerprint density at radius 3 is 2.72 bits per heavy atom. The maximum absolute atomic E-state index is 11.8. The SMILES string of the molecule is CC(=O)n1nc(Nc2nc(-c3ccccc3)ncc2Br)cc1C1CC1. The highest BCUT2D eigenvalue weighted by molar-refractivity contribution is 9.10. The van der Waals surface area contributed by atoms with Gasteiger partial charge in [0, 0.05) is 30.7 Å². The summed E-state index contributed by atoms with van der Waals surface area (Å²) in [5.74, 6) is 2.20. The third kappa shape index (κ3) is 3.32. The van der Waals surface area contributed by atoms with Crippen molar-refractivity contribution in [3.63, 3.8) is 0 Å². The smallest absolute Gasteiger partial charge is 0.244 e. The van der Waals surface area contributed by atoms with Crippen LogP contribution in [0.2, 0.25) is 0 Å². The third-order valence-electron chi connectivity index (χ3n) is 4.05. The summed E-state index contributed by atoms with van der Waals surface area (Å²) in [6, 6.07) is 11.7. The number of rotatable bonds is 4. The van der Waals surface area contributed by atoms with Gasteiger partial charge in [0.05, 0.1) is 10.2 Å². The zero-order valence-corrected chi connectivity index (χ0v) is 15.2. The van der Waals surface area contributed by atoms with Crippen molar-refractivity contribution in [1.82, 2.24) is 19.7 Å². The van der Waals surface area contributed by atoms with Gasteiger partial charge in [-0.2, -0.15) is 0 Å². The van der Waals surface area contributed by atoms with E-state index in [1.807, 2.05) is 36.4 Å². The van der Waals surface area contributed by atoms with E-state index >= 15 is 0 Å². The molecule has 126 valence electrons. The second-order valence-electron chi connectivity index (χ2n) is 6.04.